The third-order valence-corrected chi connectivity index (χ3v) is 4.63. The van der Waals surface area contributed by atoms with E-state index in [0.717, 1.165) is 31.0 Å². The Morgan fingerprint density at radius 1 is 1.56 bits per heavy atom. The number of carbonyl (C=O) groups is 1. The molecule has 0 saturated carbocycles. The number of thioether (sulfide) groups is 1. The van der Waals surface area contributed by atoms with Crippen molar-refractivity contribution in [3.05, 3.63) is 0 Å². The molecule has 1 heterocycles. The molecule has 2 atom stereocenters. The van der Waals surface area contributed by atoms with E-state index in [1.54, 1.807) is 0 Å². The summed E-state index contributed by atoms with van der Waals surface area (Å²) in [6, 6.07) is 0.529. The average molecular weight is 273 g/mol. The topological polar surface area (TPSA) is 58.4 Å². The van der Waals surface area contributed by atoms with Crippen LogP contribution in [0.5, 0.6) is 0 Å². The highest BCUT2D eigenvalue weighted by Gasteiger charge is 2.19. The molecule has 1 aliphatic heterocycles. The maximum Gasteiger partial charge on any atom is 0.223 e. The Labute approximate surface area is 115 Å². The molecule has 1 rings (SSSR count). The molecule has 1 saturated heterocycles. The summed E-state index contributed by atoms with van der Waals surface area (Å²) in [6.45, 7) is 6.02. The largest absolute Gasteiger partial charge is 0.346 e. The molecule has 4 nitrogen and oxygen atoms in total. The molecule has 0 aliphatic carbocycles. The van der Waals surface area contributed by atoms with Crippen LogP contribution < -0.4 is 11.1 Å². The van der Waals surface area contributed by atoms with E-state index in [9.17, 15) is 4.79 Å². The lowest BCUT2D eigenvalue weighted by molar-refractivity contribution is -0.130. The molecule has 18 heavy (non-hydrogen) atoms. The monoisotopic (exact) mass is 273 g/mol. The number of hydrogen-bond acceptors (Lipinski definition) is 4. The quantitative estimate of drug-likeness (QED) is 0.755. The lowest BCUT2D eigenvalue weighted by atomic mass is 10.0. The number of hydrogen-bond donors (Lipinski definition) is 2. The van der Waals surface area contributed by atoms with Gasteiger partial charge in [-0.3, -0.25) is 4.79 Å². The van der Waals surface area contributed by atoms with E-state index in [2.05, 4.69) is 19.2 Å². The molecule has 1 aliphatic rings. The minimum atomic E-state index is 0.184. The van der Waals surface area contributed by atoms with Crippen LogP contribution in [0.1, 0.15) is 26.7 Å². The second-order valence-corrected chi connectivity index (χ2v) is 6.59. The SMILES string of the molecule is CC(C)C(N)CCN(C)C(=O)CC1CSCCN1. The molecular weight excluding hydrogens is 246 g/mol. The van der Waals surface area contributed by atoms with Crippen LogP contribution in [0.25, 0.3) is 0 Å². The van der Waals surface area contributed by atoms with Gasteiger partial charge in [-0.25, -0.2) is 0 Å². The summed E-state index contributed by atoms with van der Waals surface area (Å²) in [5.41, 5.74) is 6.00. The summed E-state index contributed by atoms with van der Waals surface area (Å²) < 4.78 is 0. The highest BCUT2D eigenvalue weighted by Crippen LogP contribution is 2.11. The molecule has 0 aromatic carbocycles. The van der Waals surface area contributed by atoms with Gasteiger partial charge in [0, 0.05) is 50.1 Å². The fourth-order valence-electron chi connectivity index (χ4n) is 1.92. The van der Waals surface area contributed by atoms with Gasteiger partial charge in [-0.05, 0) is 12.3 Å². The van der Waals surface area contributed by atoms with E-state index in [-0.39, 0.29) is 11.9 Å². The fourth-order valence-corrected chi connectivity index (χ4v) is 2.87. The van der Waals surface area contributed by atoms with Crippen LogP contribution in [0.15, 0.2) is 0 Å². The number of rotatable bonds is 6. The molecule has 3 N–H and O–H groups in total. The van der Waals surface area contributed by atoms with Gasteiger partial charge >= 0.3 is 0 Å². The summed E-state index contributed by atoms with van der Waals surface area (Å²) in [7, 11) is 1.88. The van der Waals surface area contributed by atoms with Crippen LogP contribution >= 0.6 is 11.8 Å². The molecule has 0 aromatic heterocycles. The number of nitrogens with zero attached hydrogens (tertiary/aromatic N) is 1. The molecule has 0 spiro atoms. The van der Waals surface area contributed by atoms with Gasteiger partial charge in [0.05, 0.1) is 0 Å². The molecule has 0 aromatic rings. The number of amides is 1. The first kappa shape index (κ1) is 15.8. The van der Waals surface area contributed by atoms with Crippen molar-refractivity contribution in [2.75, 3.05) is 31.6 Å². The van der Waals surface area contributed by atoms with Crippen molar-refractivity contribution in [1.82, 2.24) is 10.2 Å². The first-order chi connectivity index (χ1) is 8.50. The van der Waals surface area contributed by atoms with Crippen LogP contribution in [-0.4, -0.2) is 54.5 Å². The van der Waals surface area contributed by atoms with Crippen molar-refractivity contribution in [3.63, 3.8) is 0 Å². The van der Waals surface area contributed by atoms with Gasteiger partial charge in [-0.2, -0.15) is 11.8 Å². The second-order valence-electron chi connectivity index (χ2n) is 5.44. The maximum atomic E-state index is 12.0. The Bertz CT molecular complexity index is 255. The first-order valence-electron chi connectivity index (χ1n) is 6.81. The predicted molar refractivity (Wildman–Crippen MR) is 78.8 cm³/mol. The zero-order valence-electron chi connectivity index (χ0n) is 11.8. The van der Waals surface area contributed by atoms with Gasteiger partial charge in [-0.15, -0.1) is 0 Å². The standard InChI is InChI=1S/C13H27N3OS/c1-10(2)12(14)4-6-16(3)13(17)8-11-9-18-7-5-15-11/h10-12,15H,4-9,14H2,1-3H3. The van der Waals surface area contributed by atoms with Crippen molar-refractivity contribution in [1.29, 1.82) is 0 Å². The molecule has 106 valence electrons. The van der Waals surface area contributed by atoms with Crippen molar-refractivity contribution in [3.8, 4) is 0 Å². The molecule has 1 amide bonds. The normalized spacial score (nSPS) is 21.9. The van der Waals surface area contributed by atoms with Crippen LogP contribution in [0.4, 0.5) is 0 Å². The Hall–Kier alpha value is -0.260. The Morgan fingerprint density at radius 3 is 2.83 bits per heavy atom. The summed E-state index contributed by atoms with van der Waals surface area (Å²) in [5, 5.41) is 3.39. The van der Waals surface area contributed by atoms with E-state index in [1.807, 2.05) is 23.7 Å². The van der Waals surface area contributed by atoms with Crippen molar-refractivity contribution >= 4 is 17.7 Å². The van der Waals surface area contributed by atoms with Gasteiger partial charge in [-0.1, -0.05) is 13.8 Å². The van der Waals surface area contributed by atoms with Gasteiger partial charge in [0.1, 0.15) is 0 Å². The Kier molecular flexibility index (Phi) is 7.04. The maximum absolute atomic E-state index is 12.0. The summed E-state index contributed by atoms with van der Waals surface area (Å²) in [6.07, 6.45) is 1.49. The third-order valence-electron chi connectivity index (χ3n) is 3.50. The van der Waals surface area contributed by atoms with E-state index in [0.29, 0.717) is 18.4 Å². The zero-order chi connectivity index (χ0) is 13.5. The zero-order valence-corrected chi connectivity index (χ0v) is 12.6. The molecular formula is C13H27N3OS. The van der Waals surface area contributed by atoms with Gasteiger partial charge in [0.25, 0.3) is 0 Å². The highest BCUT2D eigenvalue weighted by atomic mass is 32.2. The van der Waals surface area contributed by atoms with E-state index >= 15 is 0 Å². The first-order valence-corrected chi connectivity index (χ1v) is 7.97. The van der Waals surface area contributed by atoms with Crippen LogP contribution in [0.2, 0.25) is 0 Å². The van der Waals surface area contributed by atoms with Crippen LogP contribution in [-0.2, 0) is 4.79 Å². The van der Waals surface area contributed by atoms with Crippen LogP contribution in [0, 0.1) is 5.92 Å². The summed E-state index contributed by atoms with van der Waals surface area (Å²) in [5.74, 6) is 2.91. The molecule has 0 radical (unpaired) electrons. The molecule has 2 unspecified atom stereocenters. The van der Waals surface area contributed by atoms with Crippen molar-refractivity contribution in [2.45, 2.75) is 38.8 Å². The third kappa shape index (κ3) is 5.59. The Morgan fingerprint density at radius 2 is 2.28 bits per heavy atom. The van der Waals surface area contributed by atoms with Gasteiger partial charge in [0.15, 0.2) is 0 Å². The second kappa shape index (κ2) is 8.02. The van der Waals surface area contributed by atoms with Gasteiger partial charge < -0.3 is 16.0 Å². The van der Waals surface area contributed by atoms with E-state index in [4.69, 9.17) is 5.73 Å². The summed E-state index contributed by atoms with van der Waals surface area (Å²) >= 11 is 1.93. The lowest BCUT2D eigenvalue weighted by Crippen LogP contribution is -2.42. The van der Waals surface area contributed by atoms with Crippen molar-refractivity contribution < 1.29 is 4.79 Å². The van der Waals surface area contributed by atoms with E-state index < -0.39 is 0 Å². The Balaban J connectivity index is 2.23. The smallest absolute Gasteiger partial charge is 0.223 e. The number of nitrogens with one attached hydrogen (secondary N) is 1. The van der Waals surface area contributed by atoms with Gasteiger partial charge in [0.2, 0.25) is 5.91 Å². The minimum absolute atomic E-state index is 0.184. The molecule has 1 fully saturated rings. The summed E-state index contributed by atoms with van der Waals surface area (Å²) in [4.78, 5) is 13.9. The predicted octanol–water partition coefficient (Wildman–Crippen LogP) is 0.913. The highest BCUT2D eigenvalue weighted by molar-refractivity contribution is 7.99. The number of carbonyl (C=O) groups excluding carboxylic acids is 1. The minimum Gasteiger partial charge on any atom is -0.346 e. The molecule has 0 bridgehead atoms. The lowest BCUT2D eigenvalue weighted by Gasteiger charge is -2.26. The number of nitrogens with two attached hydrogens (primary N) is 1. The molecule has 5 heteroatoms. The fraction of sp³-hybridized carbons (Fsp3) is 0.923. The average Bonchev–Trinajstić information content (AvgIpc) is 2.36. The van der Waals surface area contributed by atoms with E-state index in [1.165, 1.54) is 0 Å². The van der Waals surface area contributed by atoms with Crippen molar-refractivity contribution in [2.24, 2.45) is 11.7 Å². The van der Waals surface area contributed by atoms with Crippen LogP contribution in [0.3, 0.4) is 0 Å².